The maximum absolute atomic E-state index is 13.8. The summed E-state index contributed by atoms with van der Waals surface area (Å²) in [7, 11) is 0. The van der Waals surface area contributed by atoms with Crippen LogP contribution in [0, 0.1) is 17.6 Å². The van der Waals surface area contributed by atoms with E-state index in [1.54, 1.807) is 0 Å². The Bertz CT molecular complexity index is 423. The van der Waals surface area contributed by atoms with Gasteiger partial charge in [0.25, 0.3) is 0 Å². The number of hydrogen-bond donors (Lipinski definition) is 2. The molecule has 3 N–H and O–H groups in total. The first kappa shape index (κ1) is 12.9. The molecule has 0 heterocycles. The van der Waals surface area contributed by atoms with Crippen molar-refractivity contribution >= 4 is 15.9 Å². The topological polar surface area (TPSA) is 46.2 Å². The van der Waals surface area contributed by atoms with Crippen molar-refractivity contribution in [3.8, 4) is 0 Å². The lowest BCUT2D eigenvalue weighted by Gasteiger charge is -2.34. The van der Waals surface area contributed by atoms with E-state index in [0.29, 0.717) is 0 Å². The SMILES string of the molecule is N[C@H](c1c(F)ccc(Br)c1F)[C@@H](O)C1CCC1. The molecule has 17 heavy (non-hydrogen) atoms. The second kappa shape index (κ2) is 5.00. The summed E-state index contributed by atoms with van der Waals surface area (Å²) in [6, 6.07) is 1.42. The van der Waals surface area contributed by atoms with Gasteiger partial charge in [-0.2, -0.15) is 0 Å². The van der Waals surface area contributed by atoms with Crippen LogP contribution in [0.5, 0.6) is 0 Å². The third-order valence-corrected chi connectivity index (χ3v) is 4.03. The summed E-state index contributed by atoms with van der Waals surface area (Å²) in [6.07, 6.45) is 1.89. The van der Waals surface area contributed by atoms with E-state index in [1.165, 1.54) is 6.07 Å². The highest BCUT2D eigenvalue weighted by molar-refractivity contribution is 9.10. The third-order valence-electron chi connectivity index (χ3n) is 3.41. The summed E-state index contributed by atoms with van der Waals surface area (Å²) in [5.74, 6) is -1.38. The number of hydrogen-bond acceptors (Lipinski definition) is 2. The van der Waals surface area contributed by atoms with Gasteiger partial charge in [0.1, 0.15) is 11.6 Å². The van der Waals surface area contributed by atoms with Crippen molar-refractivity contribution in [3.05, 3.63) is 33.8 Å². The zero-order valence-electron chi connectivity index (χ0n) is 9.17. The normalized spacial score (nSPS) is 19.8. The number of rotatable bonds is 3. The summed E-state index contributed by atoms with van der Waals surface area (Å²) in [4.78, 5) is 0. The first-order valence-corrected chi connectivity index (χ1v) is 6.38. The van der Waals surface area contributed by atoms with E-state index >= 15 is 0 Å². The summed E-state index contributed by atoms with van der Waals surface area (Å²) < 4.78 is 27.5. The van der Waals surface area contributed by atoms with Gasteiger partial charge >= 0.3 is 0 Å². The third kappa shape index (κ3) is 2.37. The Balaban J connectivity index is 2.29. The molecule has 0 aromatic heterocycles. The quantitative estimate of drug-likeness (QED) is 0.844. The Morgan fingerprint density at radius 2 is 2.00 bits per heavy atom. The number of aliphatic hydroxyl groups excluding tert-OH is 1. The van der Waals surface area contributed by atoms with Crippen LogP contribution >= 0.6 is 15.9 Å². The van der Waals surface area contributed by atoms with E-state index in [1.807, 2.05) is 0 Å². The molecule has 1 aliphatic carbocycles. The first-order valence-electron chi connectivity index (χ1n) is 5.59. The van der Waals surface area contributed by atoms with Gasteiger partial charge in [0.15, 0.2) is 0 Å². The average molecular weight is 306 g/mol. The van der Waals surface area contributed by atoms with Crippen molar-refractivity contribution in [2.24, 2.45) is 11.7 Å². The van der Waals surface area contributed by atoms with Crippen molar-refractivity contribution in [1.29, 1.82) is 0 Å². The Kier molecular flexibility index (Phi) is 3.80. The van der Waals surface area contributed by atoms with E-state index in [-0.39, 0.29) is 16.0 Å². The van der Waals surface area contributed by atoms with E-state index in [2.05, 4.69) is 15.9 Å². The van der Waals surface area contributed by atoms with Crippen LogP contribution in [-0.4, -0.2) is 11.2 Å². The number of benzene rings is 1. The zero-order valence-corrected chi connectivity index (χ0v) is 10.8. The van der Waals surface area contributed by atoms with Gasteiger partial charge in [-0.25, -0.2) is 8.78 Å². The Hall–Kier alpha value is -0.520. The minimum atomic E-state index is -1.02. The summed E-state index contributed by atoms with van der Waals surface area (Å²) in [5, 5.41) is 9.96. The van der Waals surface area contributed by atoms with E-state index in [4.69, 9.17) is 5.73 Å². The van der Waals surface area contributed by atoms with Gasteiger partial charge in [0.05, 0.1) is 16.6 Å². The van der Waals surface area contributed by atoms with Crippen LogP contribution in [-0.2, 0) is 0 Å². The molecule has 1 aromatic rings. The minimum Gasteiger partial charge on any atom is -0.391 e. The molecule has 0 radical (unpaired) electrons. The highest BCUT2D eigenvalue weighted by Crippen LogP contribution is 2.36. The molecule has 0 saturated heterocycles. The molecule has 2 rings (SSSR count). The maximum atomic E-state index is 13.8. The fourth-order valence-electron chi connectivity index (χ4n) is 2.09. The van der Waals surface area contributed by atoms with Gasteiger partial charge in [0.2, 0.25) is 0 Å². The van der Waals surface area contributed by atoms with Crippen LogP contribution in [0.2, 0.25) is 0 Å². The van der Waals surface area contributed by atoms with E-state index in [0.717, 1.165) is 25.3 Å². The van der Waals surface area contributed by atoms with Gasteiger partial charge in [0, 0.05) is 5.56 Å². The fraction of sp³-hybridized carbons (Fsp3) is 0.500. The average Bonchev–Trinajstić information content (AvgIpc) is 2.21. The molecule has 94 valence electrons. The van der Waals surface area contributed by atoms with Gasteiger partial charge in [-0.05, 0) is 46.8 Å². The Morgan fingerprint density at radius 3 is 2.53 bits per heavy atom. The van der Waals surface area contributed by atoms with Crippen LogP contribution < -0.4 is 5.73 Å². The van der Waals surface area contributed by atoms with Crippen LogP contribution in [0.4, 0.5) is 8.78 Å². The molecule has 2 nitrogen and oxygen atoms in total. The second-order valence-corrected chi connectivity index (χ2v) is 5.32. The standard InChI is InChI=1S/C12H14BrF2NO/c13-7-4-5-8(14)9(10(7)15)11(16)12(17)6-2-1-3-6/h4-6,11-12,17H,1-3,16H2/t11-,12+/m1/s1. The molecule has 1 fully saturated rings. The summed E-state index contributed by atoms with van der Waals surface area (Å²) in [5.41, 5.74) is 5.53. The highest BCUT2D eigenvalue weighted by Gasteiger charge is 2.33. The van der Waals surface area contributed by atoms with Crippen molar-refractivity contribution in [2.75, 3.05) is 0 Å². The molecule has 0 aliphatic heterocycles. The molecular formula is C12H14BrF2NO. The molecule has 1 saturated carbocycles. The first-order chi connectivity index (χ1) is 8.02. The molecule has 0 bridgehead atoms. The molecule has 0 unspecified atom stereocenters. The summed E-state index contributed by atoms with van der Waals surface area (Å²) in [6.45, 7) is 0. The second-order valence-electron chi connectivity index (χ2n) is 4.46. The van der Waals surface area contributed by atoms with E-state index < -0.39 is 23.8 Å². The van der Waals surface area contributed by atoms with Crippen LogP contribution in [0.3, 0.4) is 0 Å². The highest BCUT2D eigenvalue weighted by atomic mass is 79.9. The predicted octanol–water partition coefficient (Wildman–Crippen LogP) is 2.89. The van der Waals surface area contributed by atoms with Gasteiger partial charge in [-0.3, -0.25) is 0 Å². The predicted molar refractivity (Wildman–Crippen MR) is 64.3 cm³/mol. The van der Waals surface area contributed by atoms with Crippen molar-refractivity contribution in [1.82, 2.24) is 0 Å². The fourth-order valence-corrected chi connectivity index (χ4v) is 2.44. The van der Waals surface area contributed by atoms with Crippen molar-refractivity contribution in [2.45, 2.75) is 31.4 Å². The zero-order chi connectivity index (χ0) is 12.6. The molecule has 2 atom stereocenters. The molecule has 1 aliphatic rings. The van der Waals surface area contributed by atoms with Gasteiger partial charge in [-0.15, -0.1) is 0 Å². The molecule has 1 aromatic carbocycles. The van der Waals surface area contributed by atoms with Crippen molar-refractivity contribution < 1.29 is 13.9 Å². The lowest BCUT2D eigenvalue weighted by molar-refractivity contribution is 0.0394. The van der Waals surface area contributed by atoms with E-state index in [9.17, 15) is 13.9 Å². The lowest BCUT2D eigenvalue weighted by Crippen LogP contribution is -2.37. The number of aliphatic hydroxyl groups is 1. The van der Waals surface area contributed by atoms with Crippen LogP contribution in [0.1, 0.15) is 30.9 Å². The Labute approximate surface area is 107 Å². The number of halogens is 3. The van der Waals surface area contributed by atoms with Crippen molar-refractivity contribution in [3.63, 3.8) is 0 Å². The number of nitrogens with two attached hydrogens (primary N) is 1. The van der Waals surface area contributed by atoms with Gasteiger partial charge in [-0.1, -0.05) is 6.42 Å². The molecular weight excluding hydrogens is 292 g/mol. The molecule has 0 spiro atoms. The lowest BCUT2D eigenvalue weighted by atomic mass is 9.77. The van der Waals surface area contributed by atoms with Crippen LogP contribution in [0.25, 0.3) is 0 Å². The largest absolute Gasteiger partial charge is 0.391 e. The van der Waals surface area contributed by atoms with Crippen LogP contribution in [0.15, 0.2) is 16.6 Å². The Morgan fingerprint density at radius 1 is 1.35 bits per heavy atom. The van der Waals surface area contributed by atoms with Gasteiger partial charge < -0.3 is 10.8 Å². The molecule has 5 heteroatoms. The minimum absolute atomic E-state index is 0.0581. The smallest absolute Gasteiger partial charge is 0.145 e. The monoisotopic (exact) mass is 305 g/mol. The molecule has 0 amide bonds. The maximum Gasteiger partial charge on any atom is 0.145 e. The summed E-state index contributed by atoms with van der Waals surface area (Å²) >= 11 is 2.99.